The maximum Gasteiger partial charge on any atom is 0.328 e. The molecule has 0 aliphatic heterocycles. The molecular formula is C14H26N4O7. The Labute approximate surface area is 145 Å². The van der Waals surface area contributed by atoms with E-state index in [1.807, 2.05) is 0 Å². The molecule has 0 fully saturated rings. The largest absolute Gasteiger partial charge is 0.480 e. The molecule has 0 aromatic carbocycles. The van der Waals surface area contributed by atoms with Crippen LogP contribution in [-0.4, -0.2) is 76.9 Å². The lowest BCUT2D eigenvalue weighted by atomic mass is 9.98. The predicted octanol–water partition coefficient (Wildman–Crippen LogP) is -3.49. The Morgan fingerprint density at radius 1 is 1.04 bits per heavy atom. The molecule has 0 saturated carbocycles. The third-order valence-corrected chi connectivity index (χ3v) is 3.57. The van der Waals surface area contributed by atoms with E-state index in [0.29, 0.717) is 6.42 Å². The molecule has 11 nitrogen and oxygen atoms in total. The third kappa shape index (κ3) is 7.92. The smallest absolute Gasteiger partial charge is 0.328 e. The van der Waals surface area contributed by atoms with E-state index in [2.05, 4.69) is 16.0 Å². The van der Waals surface area contributed by atoms with Crippen molar-refractivity contribution in [3.05, 3.63) is 0 Å². The van der Waals surface area contributed by atoms with E-state index in [1.165, 1.54) is 0 Å². The highest BCUT2D eigenvalue weighted by atomic mass is 16.4. The molecule has 0 aromatic heterocycles. The molecule has 0 heterocycles. The van der Waals surface area contributed by atoms with E-state index in [9.17, 15) is 19.2 Å². The summed E-state index contributed by atoms with van der Waals surface area (Å²) < 4.78 is 0. The number of carboxylic acid groups (broad SMARTS) is 1. The van der Waals surface area contributed by atoms with Crippen molar-refractivity contribution in [2.24, 2.45) is 11.7 Å². The number of nitrogens with two attached hydrogens (primary N) is 1. The Kier molecular flexibility index (Phi) is 10.3. The lowest BCUT2D eigenvalue weighted by molar-refractivity contribution is -0.143. The first-order valence-electron chi connectivity index (χ1n) is 7.75. The van der Waals surface area contributed by atoms with Crippen molar-refractivity contribution in [3.8, 4) is 0 Å². The predicted molar refractivity (Wildman–Crippen MR) is 86.1 cm³/mol. The zero-order chi connectivity index (χ0) is 19.6. The molecule has 3 amide bonds. The number of hydrogen-bond acceptors (Lipinski definition) is 7. The van der Waals surface area contributed by atoms with Crippen LogP contribution in [0.25, 0.3) is 0 Å². The van der Waals surface area contributed by atoms with Gasteiger partial charge in [0.1, 0.15) is 18.1 Å². The van der Waals surface area contributed by atoms with E-state index in [1.54, 1.807) is 13.8 Å². The molecule has 0 aromatic rings. The van der Waals surface area contributed by atoms with Gasteiger partial charge in [-0.1, -0.05) is 20.3 Å². The number of carbonyl (C=O) groups excluding carboxylic acids is 3. The fourth-order valence-electron chi connectivity index (χ4n) is 1.75. The van der Waals surface area contributed by atoms with Gasteiger partial charge < -0.3 is 37.0 Å². The van der Waals surface area contributed by atoms with Crippen molar-refractivity contribution < 1.29 is 34.5 Å². The van der Waals surface area contributed by atoms with Crippen molar-refractivity contribution in [3.63, 3.8) is 0 Å². The van der Waals surface area contributed by atoms with E-state index >= 15 is 0 Å². The normalized spacial score (nSPS) is 15.4. The Balaban J connectivity index is 4.82. The highest BCUT2D eigenvalue weighted by Crippen LogP contribution is 2.08. The van der Waals surface area contributed by atoms with Gasteiger partial charge >= 0.3 is 5.97 Å². The van der Waals surface area contributed by atoms with Crippen LogP contribution in [0.3, 0.4) is 0 Å². The van der Waals surface area contributed by atoms with Gasteiger partial charge in [-0.25, -0.2) is 4.79 Å². The van der Waals surface area contributed by atoms with Crippen LogP contribution in [0, 0.1) is 5.92 Å². The lowest BCUT2D eigenvalue weighted by Crippen LogP contribution is -2.56. The molecular weight excluding hydrogens is 336 g/mol. The summed E-state index contributed by atoms with van der Waals surface area (Å²) in [6.45, 7) is 1.62. The molecule has 25 heavy (non-hydrogen) atoms. The van der Waals surface area contributed by atoms with Gasteiger partial charge in [0.25, 0.3) is 0 Å². The number of aliphatic carboxylic acids is 1. The summed E-state index contributed by atoms with van der Waals surface area (Å²) in [6, 6.07) is -3.70. The van der Waals surface area contributed by atoms with Crippen LogP contribution in [-0.2, 0) is 19.2 Å². The van der Waals surface area contributed by atoms with Gasteiger partial charge in [0.15, 0.2) is 0 Å². The zero-order valence-corrected chi connectivity index (χ0v) is 14.2. The minimum Gasteiger partial charge on any atom is -0.480 e. The van der Waals surface area contributed by atoms with E-state index in [0.717, 1.165) is 0 Å². The minimum atomic E-state index is -1.49. The summed E-state index contributed by atoms with van der Waals surface area (Å²) in [5.74, 6) is -3.91. The van der Waals surface area contributed by atoms with Crippen LogP contribution in [0.15, 0.2) is 0 Å². The maximum atomic E-state index is 12.2. The van der Waals surface area contributed by atoms with Crippen LogP contribution >= 0.6 is 0 Å². The SMILES string of the molecule is CCC(C)C(NC(=O)CNC(=O)C(N)CO)C(=O)NC(CO)C(=O)O. The fraction of sp³-hybridized carbons (Fsp3) is 0.714. The molecule has 0 bridgehead atoms. The summed E-state index contributed by atoms with van der Waals surface area (Å²) in [6.07, 6.45) is 0.511. The first-order valence-corrected chi connectivity index (χ1v) is 7.75. The quantitative estimate of drug-likeness (QED) is 0.197. The lowest BCUT2D eigenvalue weighted by Gasteiger charge is -2.25. The average molecular weight is 362 g/mol. The van der Waals surface area contributed by atoms with Crippen molar-refractivity contribution in [1.29, 1.82) is 0 Å². The van der Waals surface area contributed by atoms with E-state index in [-0.39, 0.29) is 5.92 Å². The molecule has 8 N–H and O–H groups in total. The second kappa shape index (κ2) is 11.3. The Bertz CT molecular complexity index is 486. The monoisotopic (exact) mass is 362 g/mol. The van der Waals surface area contributed by atoms with Gasteiger partial charge in [-0.05, 0) is 5.92 Å². The number of rotatable bonds is 11. The van der Waals surface area contributed by atoms with Crippen molar-refractivity contribution >= 4 is 23.7 Å². The number of aliphatic hydroxyl groups is 2. The zero-order valence-electron chi connectivity index (χ0n) is 14.2. The number of hydrogen-bond donors (Lipinski definition) is 7. The van der Waals surface area contributed by atoms with Crippen LogP contribution in [0.1, 0.15) is 20.3 Å². The fourth-order valence-corrected chi connectivity index (χ4v) is 1.75. The second-order valence-electron chi connectivity index (χ2n) is 5.52. The van der Waals surface area contributed by atoms with Gasteiger partial charge in [-0.3, -0.25) is 14.4 Å². The number of amides is 3. The number of nitrogens with one attached hydrogen (secondary N) is 3. The molecule has 4 atom stereocenters. The second-order valence-corrected chi connectivity index (χ2v) is 5.52. The molecule has 4 unspecified atom stereocenters. The highest BCUT2D eigenvalue weighted by Gasteiger charge is 2.29. The minimum absolute atomic E-state index is 0.326. The summed E-state index contributed by atoms with van der Waals surface area (Å²) in [5.41, 5.74) is 5.28. The Morgan fingerprint density at radius 3 is 2.08 bits per heavy atom. The summed E-state index contributed by atoms with van der Waals surface area (Å²) >= 11 is 0. The number of carbonyl (C=O) groups is 4. The summed E-state index contributed by atoms with van der Waals surface area (Å²) in [5, 5.41) is 33.3. The van der Waals surface area contributed by atoms with Gasteiger partial charge in [0.05, 0.1) is 19.8 Å². The third-order valence-electron chi connectivity index (χ3n) is 3.57. The number of aliphatic hydroxyl groups excluding tert-OH is 2. The molecule has 0 radical (unpaired) electrons. The first-order chi connectivity index (χ1) is 11.7. The van der Waals surface area contributed by atoms with Crippen LogP contribution in [0.4, 0.5) is 0 Å². The van der Waals surface area contributed by atoms with E-state index in [4.69, 9.17) is 21.1 Å². The highest BCUT2D eigenvalue weighted by molar-refractivity contribution is 5.92. The molecule has 0 rings (SSSR count). The molecule has 11 heteroatoms. The standard InChI is InChI=1S/C14H26N4O7/c1-3-7(2)11(13(23)17-9(6-20)14(24)25)18-10(21)4-16-12(22)8(15)5-19/h7-9,11,19-20H,3-6,15H2,1-2H3,(H,16,22)(H,17,23)(H,18,21)(H,24,25). The van der Waals surface area contributed by atoms with Crippen LogP contribution in [0.2, 0.25) is 0 Å². The average Bonchev–Trinajstić information content (AvgIpc) is 2.59. The molecule has 0 saturated heterocycles. The van der Waals surface area contributed by atoms with E-state index < -0.39 is 61.6 Å². The molecule has 0 spiro atoms. The number of carboxylic acids is 1. The first kappa shape index (κ1) is 22.8. The molecule has 144 valence electrons. The molecule has 0 aliphatic carbocycles. The van der Waals surface area contributed by atoms with Gasteiger partial charge in [-0.2, -0.15) is 0 Å². The topological polar surface area (TPSA) is 191 Å². The van der Waals surface area contributed by atoms with Crippen molar-refractivity contribution in [2.45, 2.75) is 38.4 Å². The van der Waals surface area contributed by atoms with Gasteiger partial charge in [0, 0.05) is 0 Å². The van der Waals surface area contributed by atoms with Crippen LogP contribution in [0.5, 0.6) is 0 Å². The van der Waals surface area contributed by atoms with Crippen LogP contribution < -0.4 is 21.7 Å². The maximum absolute atomic E-state index is 12.2. The van der Waals surface area contributed by atoms with Crippen molar-refractivity contribution in [2.75, 3.05) is 19.8 Å². The summed E-state index contributed by atoms with van der Waals surface area (Å²) in [7, 11) is 0. The Morgan fingerprint density at radius 2 is 1.64 bits per heavy atom. The van der Waals surface area contributed by atoms with Crippen molar-refractivity contribution in [1.82, 2.24) is 16.0 Å². The Hall–Kier alpha value is -2.24. The molecule has 0 aliphatic rings. The van der Waals surface area contributed by atoms with Gasteiger partial charge in [-0.15, -0.1) is 0 Å². The summed E-state index contributed by atoms with van der Waals surface area (Å²) in [4.78, 5) is 46.4. The van der Waals surface area contributed by atoms with Gasteiger partial charge in [0.2, 0.25) is 17.7 Å².